The number of rotatable bonds is 5. The van der Waals surface area contributed by atoms with E-state index in [0.29, 0.717) is 16.7 Å². The number of benzene rings is 2. The fourth-order valence-corrected chi connectivity index (χ4v) is 2.28. The Balaban J connectivity index is 2.41. The Hall–Kier alpha value is -3.41. The summed E-state index contributed by atoms with van der Waals surface area (Å²) in [4.78, 5) is 10.7. The Morgan fingerprint density at radius 3 is 2.29 bits per heavy atom. The molecule has 0 radical (unpaired) electrons. The fraction of sp³-hybridized carbons (Fsp3) is 0.0556. The Labute approximate surface area is 137 Å². The maximum absolute atomic E-state index is 10.7. The van der Waals surface area contributed by atoms with Gasteiger partial charge in [0.15, 0.2) is 23.0 Å². The van der Waals surface area contributed by atoms with Crippen LogP contribution in [0.15, 0.2) is 43.0 Å². The molecular weight excluding hydrogens is 312 g/mol. The molecule has 0 heterocycles. The SMILES string of the molecule is C=C(Cc1ccc(O)c(O)c1)c1c(/C=C/C(=O)O)ccc(O)c1O. The summed E-state index contributed by atoms with van der Waals surface area (Å²) in [6.45, 7) is 3.87. The molecule has 0 aromatic heterocycles. The first-order valence-electron chi connectivity index (χ1n) is 6.94. The molecule has 0 bridgehead atoms. The van der Waals surface area contributed by atoms with E-state index in [0.717, 1.165) is 6.08 Å². The van der Waals surface area contributed by atoms with E-state index >= 15 is 0 Å². The molecule has 0 saturated carbocycles. The Kier molecular flexibility index (Phi) is 4.79. The van der Waals surface area contributed by atoms with Gasteiger partial charge in [0.2, 0.25) is 0 Å². The number of phenols is 4. The lowest BCUT2D eigenvalue weighted by molar-refractivity contribution is -0.131. The minimum absolute atomic E-state index is 0.207. The molecule has 0 aliphatic heterocycles. The lowest BCUT2D eigenvalue weighted by Crippen LogP contribution is -1.95. The van der Waals surface area contributed by atoms with E-state index in [4.69, 9.17) is 5.11 Å². The summed E-state index contributed by atoms with van der Waals surface area (Å²) >= 11 is 0. The van der Waals surface area contributed by atoms with Crippen LogP contribution in [0.3, 0.4) is 0 Å². The first-order valence-corrected chi connectivity index (χ1v) is 6.94. The summed E-state index contributed by atoms with van der Waals surface area (Å²) in [6.07, 6.45) is 2.41. The standard InChI is InChI=1S/C18H16O6/c1-10(8-11-2-5-13(19)15(21)9-11)17-12(4-7-16(22)23)3-6-14(20)18(17)24/h2-7,9,19-21,24H,1,8H2,(H,22,23)/b7-4+. The molecule has 0 unspecified atom stereocenters. The second-order valence-electron chi connectivity index (χ2n) is 5.17. The van der Waals surface area contributed by atoms with Crippen molar-refractivity contribution in [3.05, 3.63) is 59.7 Å². The van der Waals surface area contributed by atoms with E-state index in [1.165, 1.54) is 30.3 Å². The van der Waals surface area contributed by atoms with Crippen molar-refractivity contribution in [2.45, 2.75) is 6.42 Å². The quantitative estimate of drug-likeness (QED) is 0.425. The second kappa shape index (κ2) is 6.78. The van der Waals surface area contributed by atoms with E-state index in [9.17, 15) is 25.2 Å². The van der Waals surface area contributed by atoms with Crippen molar-refractivity contribution in [1.29, 1.82) is 0 Å². The zero-order valence-corrected chi connectivity index (χ0v) is 12.6. The highest BCUT2D eigenvalue weighted by Crippen LogP contribution is 2.38. The minimum atomic E-state index is -1.15. The lowest BCUT2D eigenvalue weighted by Gasteiger charge is -2.13. The average Bonchev–Trinajstić information content (AvgIpc) is 2.51. The zero-order valence-electron chi connectivity index (χ0n) is 12.6. The Bertz CT molecular complexity index is 836. The van der Waals surface area contributed by atoms with E-state index in [1.807, 2.05) is 0 Å². The molecule has 2 aromatic rings. The van der Waals surface area contributed by atoms with Gasteiger partial charge >= 0.3 is 5.97 Å². The number of carboxylic acids is 1. The van der Waals surface area contributed by atoms with Crippen LogP contribution in [0.4, 0.5) is 0 Å². The van der Waals surface area contributed by atoms with Gasteiger partial charge in [-0.15, -0.1) is 0 Å². The molecule has 124 valence electrons. The predicted molar refractivity (Wildman–Crippen MR) is 89.0 cm³/mol. The molecule has 2 rings (SSSR count). The molecule has 0 atom stereocenters. The molecular formula is C18H16O6. The van der Waals surface area contributed by atoms with Crippen molar-refractivity contribution in [3.63, 3.8) is 0 Å². The van der Waals surface area contributed by atoms with Gasteiger partial charge in [0.05, 0.1) is 0 Å². The van der Waals surface area contributed by atoms with E-state index in [2.05, 4.69) is 6.58 Å². The smallest absolute Gasteiger partial charge is 0.328 e. The molecule has 5 N–H and O–H groups in total. The van der Waals surface area contributed by atoms with Crippen molar-refractivity contribution < 1.29 is 30.3 Å². The highest BCUT2D eigenvalue weighted by Gasteiger charge is 2.15. The molecule has 2 aromatic carbocycles. The highest BCUT2D eigenvalue weighted by molar-refractivity contribution is 5.88. The number of aromatic hydroxyl groups is 4. The molecule has 0 spiro atoms. The first kappa shape index (κ1) is 17.0. The third-order valence-corrected chi connectivity index (χ3v) is 3.41. The summed E-state index contributed by atoms with van der Waals surface area (Å²) in [5, 5.41) is 47.4. The molecule has 6 heteroatoms. The highest BCUT2D eigenvalue weighted by atomic mass is 16.4. The van der Waals surface area contributed by atoms with Gasteiger partial charge in [-0.05, 0) is 47.4 Å². The van der Waals surface area contributed by atoms with Crippen molar-refractivity contribution in [2.24, 2.45) is 0 Å². The topological polar surface area (TPSA) is 118 Å². The lowest BCUT2D eigenvalue weighted by atomic mass is 9.93. The number of hydrogen-bond donors (Lipinski definition) is 5. The molecule has 0 fully saturated rings. The van der Waals surface area contributed by atoms with Gasteiger partial charge in [-0.2, -0.15) is 0 Å². The van der Waals surface area contributed by atoms with Crippen LogP contribution >= 0.6 is 0 Å². The second-order valence-corrected chi connectivity index (χ2v) is 5.17. The van der Waals surface area contributed by atoms with Gasteiger partial charge in [-0.3, -0.25) is 0 Å². The summed E-state index contributed by atoms with van der Waals surface area (Å²) in [5.41, 5.74) is 1.60. The fourth-order valence-electron chi connectivity index (χ4n) is 2.28. The third-order valence-electron chi connectivity index (χ3n) is 3.41. The molecule has 0 amide bonds. The minimum Gasteiger partial charge on any atom is -0.504 e. The number of allylic oxidation sites excluding steroid dienone is 1. The monoisotopic (exact) mass is 328 g/mol. The van der Waals surface area contributed by atoms with Gasteiger partial charge in [-0.1, -0.05) is 18.7 Å². The summed E-state index contributed by atoms with van der Waals surface area (Å²) in [7, 11) is 0. The largest absolute Gasteiger partial charge is 0.504 e. The van der Waals surface area contributed by atoms with Crippen LogP contribution in [0, 0.1) is 0 Å². The predicted octanol–water partition coefficient (Wildman–Crippen LogP) is 2.86. The van der Waals surface area contributed by atoms with Gasteiger partial charge in [0.25, 0.3) is 0 Å². The van der Waals surface area contributed by atoms with Crippen molar-refractivity contribution in [1.82, 2.24) is 0 Å². The number of carboxylic acid groups (broad SMARTS) is 1. The number of phenolic OH excluding ortho intramolecular Hbond substituents is 4. The van der Waals surface area contributed by atoms with Gasteiger partial charge in [0, 0.05) is 11.6 Å². The van der Waals surface area contributed by atoms with Crippen molar-refractivity contribution in [3.8, 4) is 23.0 Å². The Morgan fingerprint density at radius 2 is 1.67 bits per heavy atom. The van der Waals surface area contributed by atoms with Crippen molar-refractivity contribution in [2.75, 3.05) is 0 Å². The Morgan fingerprint density at radius 1 is 1.00 bits per heavy atom. The normalized spacial score (nSPS) is 10.8. The number of hydrogen-bond acceptors (Lipinski definition) is 5. The molecule has 6 nitrogen and oxygen atoms in total. The maximum atomic E-state index is 10.7. The average molecular weight is 328 g/mol. The van der Waals surface area contributed by atoms with E-state index < -0.39 is 11.7 Å². The molecule has 24 heavy (non-hydrogen) atoms. The number of aliphatic carboxylic acids is 1. The molecule has 0 aliphatic rings. The summed E-state index contributed by atoms with van der Waals surface area (Å²) < 4.78 is 0. The molecule has 0 aliphatic carbocycles. The zero-order chi connectivity index (χ0) is 17.9. The van der Waals surface area contributed by atoms with Crippen LogP contribution in [0.25, 0.3) is 11.6 Å². The van der Waals surface area contributed by atoms with Crippen LogP contribution in [0.1, 0.15) is 16.7 Å². The third kappa shape index (κ3) is 3.67. The van der Waals surface area contributed by atoms with Crippen LogP contribution in [-0.4, -0.2) is 31.5 Å². The molecule has 0 saturated heterocycles. The van der Waals surface area contributed by atoms with Crippen LogP contribution in [-0.2, 0) is 11.2 Å². The van der Waals surface area contributed by atoms with Crippen LogP contribution in [0.2, 0.25) is 0 Å². The summed E-state index contributed by atoms with van der Waals surface area (Å²) in [6, 6.07) is 6.97. The van der Waals surface area contributed by atoms with E-state index in [-0.39, 0.29) is 29.2 Å². The van der Waals surface area contributed by atoms with Crippen LogP contribution in [0.5, 0.6) is 23.0 Å². The van der Waals surface area contributed by atoms with Crippen molar-refractivity contribution >= 4 is 17.6 Å². The van der Waals surface area contributed by atoms with Gasteiger partial charge in [-0.25, -0.2) is 4.79 Å². The van der Waals surface area contributed by atoms with E-state index in [1.54, 1.807) is 6.07 Å². The van der Waals surface area contributed by atoms with Gasteiger partial charge in [0.1, 0.15) is 0 Å². The maximum Gasteiger partial charge on any atom is 0.328 e. The van der Waals surface area contributed by atoms with Crippen LogP contribution < -0.4 is 0 Å². The summed E-state index contributed by atoms with van der Waals surface area (Å²) in [5.74, 6) is -2.45. The first-order chi connectivity index (χ1) is 11.3. The number of carbonyl (C=O) groups is 1. The van der Waals surface area contributed by atoms with Gasteiger partial charge < -0.3 is 25.5 Å².